The average molecular weight is 212 g/mol. The van der Waals surface area contributed by atoms with Crippen LogP contribution in [0, 0.1) is 11.6 Å². The van der Waals surface area contributed by atoms with Gasteiger partial charge in [0.05, 0.1) is 5.69 Å². The van der Waals surface area contributed by atoms with E-state index in [0.29, 0.717) is 6.07 Å². The molecule has 78 valence electrons. The Kier molecular flexibility index (Phi) is 3.59. The van der Waals surface area contributed by atoms with Crippen molar-refractivity contribution in [3.05, 3.63) is 40.3 Å². The van der Waals surface area contributed by atoms with Crippen molar-refractivity contribution in [1.29, 1.82) is 0 Å². The van der Waals surface area contributed by atoms with Crippen LogP contribution >= 0.6 is 0 Å². The number of benzene rings is 1. The van der Waals surface area contributed by atoms with Crippen LogP contribution in [0.2, 0.25) is 0 Å². The molecule has 5 nitrogen and oxygen atoms in total. The maximum atomic E-state index is 13.0. The summed E-state index contributed by atoms with van der Waals surface area (Å²) < 4.78 is 25.4. The van der Waals surface area contributed by atoms with E-state index in [1.807, 2.05) is 0 Å². The van der Waals surface area contributed by atoms with Gasteiger partial charge in [-0.25, -0.2) is 8.78 Å². The number of halogens is 2. The Morgan fingerprint density at radius 3 is 2.87 bits per heavy atom. The highest BCUT2D eigenvalue weighted by molar-refractivity contribution is 5.92. The number of nitrogens with zero attached hydrogens (tertiary/aromatic N) is 3. The zero-order valence-electron chi connectivity index (χ0n) is 7.44. The predicted molar refractivity (Wildman–Crippen MR) is 49.0 cm³/mol. The van der Waals surface area contributed by atoms with E-state index in [9.17, 15) is 13.6 Å². The molecule has 1 amide bonds. The van der Waals surface area contributed by atoms with Crippen molar-refractivity contribution in [1.82, 2.24) is 0 Å². The first-order chi connectivity index (χ1) is 7.13. The molecule has 1 N–H and O–H groups in total. The van der Waals surface area contributed by atoms with Crippen LogP contribution in [0.5, 0.6) is 0 Å². The summed E-state index contributed by atoms with van der Waals surface area (Å²) in [4.78, 5) is 13.3. The fourth-order valence-corrected chi connectivity index (χ4v) is 0.876. The topological polar surface area (TPSA) is 77.9 Å². The van der Waals surface area contributed by atoms with Gasteiger partial charge in [-0.2, -0.15) is 0 Å². The van der Waals surface area contributed by atoms with Gasteiger partial charge in [0.15, 0.2) is 0 Å². The summed E-state index contributed by atoms with van der Waals surface area (Å²) in [7, 11) is 0. The lowest BCUT2D eigenvalue weighted by Gasteiger charge is -2.03. The van der Waals surface area contributed by atoms with E-state index < -0.39 is 24.1 Å². The number of hydrogen-bond acceptors (Lipinski definition) is 2. The standard InChI is InChI=1S/C8H6F2N4O/c9-5-1-2-7(6(10)3-5)13-8(15)4-12-14-11/h1-3H,4H2,(H,13,15). The van der Waals surface area contributed by atoms with Gasteiger partial charge >= 0.3 is 0 Å². The van der Waals surface area contributed by atoms with Crippen molar-refractivity contribution in [2.75, 3.05) is 11.9 Å². The molecule has 1 aromatic carbocycles. The van der Waals surface area contributed by atoms with Gasteiger partial charge in [-0.1, -0.05) is 5.11 Å². The maximum Gasteiger partial charge on any atom is 0.230 e. The van der Waals surface area contributed by atoms with Crippen molar-refractivity contribution >= 4 is 11.6 Å². The first-order valence-corrected chi connectivity index (χ1v) is 3.89. The Morgan fingerprint density at radius 1 is 1.53 bits per heavy atom. The molecule has 7 heteroatoms. The van der Waals surface area contributed by atoms with Crippen molar-refractivity contribution in [3.8, 4) is 0 Å². The lowest BCUT2D eigenvalue weighted by atomic mass is 10.3. The third-order valence-corrected chi connectivity index (χ3v) is 1.48. The minimum Gasteiger partial charge on any atom is -0.323 e. The van der Waals surface area contributed by atoms with E-state index in [1.165, 1.54) is 0 Å². The Balaban J connectivity index is 2.72. The van der Waals surface area contributed by atoms with Crippen LogP contribution in [0.1, 0.15) is 0 Å². The lowest BCUT2D eigenvalue weighted by molar-refractivity contribution is -0.114. The monoisotopic (exact) mass is 212 g/mol. The molecule has 0 aromatic heterocycles. The van der Waals surface area contributed by atoms with Crippen molar-refractivity contribution < 1.29 is 13.6 Å². The molecule has 0 atom stereocenters. The van der Waals surface area contributed by atoms with Gasteiger partial charge in [0.1, 0.15) is 18.2 Å². The van der Waals surface area contributed by atoms with Crippen molar-refractivity contribution in [2.45, 2.75) is 0 Å². The number of carbonyl (C=O) groups excluding carboxylic acids is 1. The Morgan fingerprint density at radius 2 is 2.27 bits per heavy atom. The smallest absolute Gasteiger partial charge is 0.230 e. The van der Waals surface area contributed by atoms with Crippen LogP contribution < -0.4 is 5.32 Å². The van der Waals surface area contributed by atoms with E-state index in [-0.39, 0.29) is 5.69 Å². The molecular formula is C8H6F2N4O. The average Bonchev–Trinajstić information content (AvgIpc) is 2.19. The highest BCUT2D eigenvalue weighted by Crippen LogP contribution is 2.14. The molecule has 0 heterocycles. The Hall–Kier alpha value is -2.14. The summed E-state index contributed by atoms with van der Waals surface area (Å²) in [5.41, 5.74) is 7.77. The van der Waals surface area contributed by atoms with Crippen LogP contribution in [0.3, 0.4) is 0 Å². The van der Waals surface area contributed by atoms with Crippen LogP contribution in [0.25, 0.3) is 10.4 Å². The largest absolute Gasteiger partial charge is 0.323 e. The number of rotatable bonds is 3. The van der Waals surface area contributed by atoms with Crippen molar-refractivity contribution in [2.24, 2.45) is 5.11 Å². The summed E-state index contributed by atoms with van der Waals surface area (Å²) >= 11 is 0. The molecule has 0 fully saturated rings. The molecule has 0 bridgehead atoms. The number of carbonyl (C=O) groups is 1. The first kappa shape index (κ1) is 10.9. The molecule has 15 heavy (non-hydrogen) atoms. The highest BCUT2D eigenvalue weighted by Gasteiger charge is 2.06. The summed E-state index contributed by atoms with van der Waals surface area (Å²) in [6.07, 6.45) is 0. The quantitative estimate of drug-likeness (QED) is 0.465. The fourth-order valence-electron chi connectivity index (χ4n) is 0.876. The molecule has 1 aromatic rings. The molecule has 0 aliphatic rings. The lowest BCUT2D eigenvalue weighted by Crippen LogP contribution is -2.15. The molecular weight excluding hydrogens is 206 g/mol. The normalized spacial score (nSPS) is 9.20. The zero-order chi connectivity index (χ0) is 11.3. The summed E-state index contributed by atoms with van der Waals surface area (Å²) in [6, 6.07) is 2.73. The highest BCUT2D eigenvalue weighted by atomic mass is 19.1. The van der Waals surface area contributed by atoms with Gasteiger partial charge in [-0.3, -0.25) is 4.79 Å². The molecule has 0 saturated carbocycles. The zero-order valence-corrected chi connectivity index (χ0v) is 7.44. The molecule has 0 saturated heterocycles. The Bertz CT molecular complexity index is 429. The van der Waals surface area contributed by atoms with Crippen molar-refractivity contribution in [3.63, 3.8) is 0 Å². The number of azide groups is 1. The van der Waals surface area contributed by atoms with Crippen LogP contribution in [-0.4, -0.2) is 12.5 Å². The van der Waals surface area contributed by atoms with E-state index in [0.717, 1.165) is 12.1 Å². The van der Waals surface area contributed by atoms with E-state index in [1.54, 1.807) is 0 Å². The fraction of sp³-hybridized carbons (Fsp3) is 0.125. The van der Waals surface area contributed by atoms with Crippen LogP contribution in [0.15, 0.2) is 23.3 Å². The van der Waals surface area contributed by atoms with E-state index >= 15 is 0 Å². The molecule has 0 unspecified atom stereocenters. The molecule has 0 aliphatic heterocycles. The minimum atomic E-state index is -0.885. The molecule has 0 radical (unpaired) electrons. The molecule has 0 aliphatic carbocycles. The van der Waals surface area contributed by atoms with Gasteiger partial charge in [0, 0.05) is 11.0 Å². The van der Waals surface area contributed by atoms with E-state index in [2.05, 4.69) is 15.3 Å². The summed E-state index contributed by atoms with van der Waals surface area (Å²) in [6.45, 7) is -0.437. The van der Waals surface area contributed by atoms with E-state index in [4.69, 9.17) is 5.53 Å². The molecule has 1 rings (SSSR count). The second-order valence-corrected chi connectivity index (χ2v) is 2.56. The van der Waals surface area contributed by atoms with Gasteiger partial charge < -0.3 is 5.32 Å². The number of amides is 1. The SMILES string of the molecule is [N-]=[N+]=NCC(=O)Nc1ccc(F)cc1F. The number of nitrogens with one attached hydrogen (secondary N) is 1. The second kappa shape index (κ2) is 4.92. The third-order valence-electron chi connectivity index (χ3n) is 1.48. The van der Waals surface area contributed by atoms with Crippen LogP contribution in [0.4, 0.5) is 14.5 Å². The van der Waals surface area contributed by atoms with Gasteiger partial charge in [-0.05, 0) is 17.7 Å². The van der Waals surface area contributed by atoms with Gasteiger partial charge in [0.2, 0.25) is 5.91 Å². The minimum absolute atomic E-state index is 0.158. The summed E-state index contributed by atoms with van der Waals surface area (Å²) in [5.74, 6) is -2.29. The first-order valence-electron chi connectivity index (χ1n) is 3.89. The van der Waals surface area contributed by atoms with Gasteiger partial charge in [-0.15, -0.1) is 0 Å². The van der Waals surface area contributed by atoms with Crippen LogP contribution in [-0.2, 0) is 4.79 Å². The number of anilines is 1. The predicted octanol–water partition coefficient (Wildman–Crippen LogP) is 2.21. The maximum absolute atomic E-state index is 13.0. The van der Waals surface area contributed by atoms with Gasteiger partial charge in [0.25, 0.3) is 0 Å². The molecule has 0 spiro atoms. The summed E-state index contributed by atoms with van der Waals surface area (Å²) in [5, 5.41) is 5.11. The number of hydrogen-bond donors (Lipinski definition) is 1. The Labute approximate surface area is 83.3 Å². The second-order valence-electron chi connectivity index (χ2n) is 2.56. The third kappa shape index (κ3) is 3.24.